The molecule has 0 saturated heterocycles. The molecule has 0 aliphatic rings. The molecule has 1 heterocycles. The Hall–Kier alpha value is -1.82. The Balaban J connectivity index is 2.39. The highest BCUT2D eigenvalue weighted by Gasteiger charge is 2.04. The van der Waals surface area contributed by atoms with Crippen LogP contribution in [0.25, 0.3) is 0 Å². The van der Waals surface area contributed by atoms with Crippen LogP contribution in [-0.2, 0) is 4.74 Å². The Morgan fingerprint density at radius 3 is 3.13 bits per heavy atom. The monoisotopic (exact) mass is 203 g/mol. The predicted octanol–water partition coefficient (Wildman–Crippen LogP) is 2.39. The molecule has 0 aliphatic heterocycles. The molecule has 0 atom stereocenters. The van der Waals surface area contributed by atoms with Crippen LogP contribution in [0.3, 0.4) is 0 Å². The van der Waals surface area contributed by atoms with E-state index in [1.54, 1.807) is 18.3 Å². The highest BCUT2D eigenvalue weighted by atomic mass is 16.5. The highest BCUT2D eigenvalue weighted by Crippen LogP contribution is 1.98. The lowest BCUT2D eigenvalue weighted by molar-refractivity contribution is 0.0690. The molecule has 3 nitrogen and oxygen atoms in total. The van der Waals surface area contributed by atoms with Crippen LogP contribution >= 0.6 is 0 Å². The maximum absolute atomic E-state index is 11.3. The third kappa shape index (κ3) is 4.28. The normalized spacial score (nSPS) is 8.87. The summed E-state index contributed by atoms with van der Waals surface area (Å²) in [6, 6.07) is 3.32. The fourth-order valence-electron chi connectivity index (χ4n) is 0.941. The number of carbonyl (C=O) groups excluding carboxylic acids is 1. The zero-order valence-corrected chi connectivity index (χ0v) is 8.69. The SMILES string of the molecule is CCCCC#COC(=O)c1cccnc1. The Kier molecular flexibility index (Phi) is 4.96. The lowest BCUT2D eigenvalue weighted by atomic mass is 10.3. The van der Waals surface area contributed by atoms with E-state index >= 15 is 0 Å². The average molecular weight is 203 g/mol. The van der Waals surface area contributed by atoms with E-state index in [1.165, 1.54) is 6.20 Å². The van der Waals surface area contributed by atoms with Crippen molar-refractivity contribution in [3.63, 3.8) is 0 Å². The number of rotatable bonds is 3. The van der Waals surface area contributed by atoms with E-state index in [-0.39, 0.29) is 0 Å². The van der Waals surface area contributed by atoms with E-state index in [2.05, 4.69) is 23.9 Å². The van der Waals surface area contributed by atoms with Gasteiger partial charge in [-0.15, -0.1) is 0 Å². The van der Waals surface area contributed by atoms with Crippen molar-refractivity contribution in [1.82, 2.24) is 4.98 Å². The van der Waals surface area contributed by atoms with E-state index in [0.29, 0.717) is 5.56 Å². The first-order valence-electron chi connectivity index (χ1n) is 4.93. The molecule has 1 aromatic heterocycles. The number of hydrogen-bond acceptors (Lipinski definition) is 3. The van der Waals surface area contributed by atoms with Gasteiger partial charge in [-0.1, -0.05) is 19.3 Å². The smallest absolute Gasteiger partial charge is 0.353 e. The number of carbonyl (C=O) groups is 1. The van der Waals surface area contributed by atoms with Gasteiger partial charge in [0.15, 0.2) is 0 Å². The van der Waals surface area contributed by atoms with Crippen LogP contribution in [0.1, 0.15) is 36.5 Å². The molecule has 1 rings (SSSR count). The third-order valence-corrected chi connectivity index (χ3v) is 1.77. The minimum Gasteiger partial charge on any atom is -0.368 e. The van der Waals surface area contributed by atoms with E-state index in [1.807, 2.05) is 0 Å². The molecule has 78 valence electrons. The lowest BCUT2D eigenvalue weighted by Gasteiger charge is -1.94. The van der Waals surface area contributed by atoms with Crippen LogP contribution in [0.15, 0.2) is 24.5 Å². The first-order chi connectivity index (χ1) is 7.34. The van der Waals surface area contributed by atoms with Crippen molar-refractivity contribution < 1.29 is 9.53 Å². The summed E-state index contributed by atoms with van der Waals surface area (Å²) in [4.78, 5) is 15.1. The van der Waals surface area contributed by atoms with Crippen LogP contribution in [-0.4, -0.2) is 11.0 Å². The molecule has 0 bridgehead atoms. The zero-order chi connectivity index (χ0) is 10.9. The van der Waals surface area contributed by atoms with E-state index in [0.717, 1.165) is 19.3 Å². The molecule has 0 aliphatic carbocycles. The van der Waals surface area contributed by atoms with E-state index in [9.17, 15) is 4.79 Å². The van der Waals surface area contributed by atoms with Crippen LogP contribution in [0.4, 0.5) is 0 Å². The molecule has 0 spiro atoms. The molecule has 0 radical (unpaired) electrons. The first-order valence-corrected chi connectivity index (χ1v) is 4.93. The maximum Gasteiger partial charge on any atom is 0.353 e. The first kappa shape index (κ1) is 11.3. The Labute approximate surface area is 89.5 Å². The molecule has 1 aromatic rings. The molecule has 0 aromatic carbocycles. The maximum atomic E-state index is 11.3. The summed E-state index contributed by atoms with van der Waals surface area (Å²) in [5.41, 5.74) is 0.419. The van der Waals surface area contributed by atoms with Crippen molar-refractivity contribution in [1.29, 1.82) is 0 Å². The molecule has 0 amide bonds. The van der Waals surface area contributed by atoms with E-state index < -0.39 is 5.97 Å². The number of hydrogen-bond donors (Lipinski definition) is 0. The highest BCUT2D eigenvalue weighted by molar-refractivity contribution is 5.89. The van der Waals surface area contributed by atoms with Gasteiger partial charge in [-0.3, -0.25) is 4.98 Å². The molecule has 3 heteroatoms. The van der Waals surface area contributed by atoms with Gasteiger partial charge in [-0.05, 0) is 18.6 Å². The van der Waals surface area contributed by atoms with Gasteiger partial charge in [0, 0.05) is 18.8 Å². The van der Waals surface area contributed by atoms with Gasteiger partial charge >= 0.3 is 5.97 Å². The molecular weight excluding hydrogens is 190 g/mol. The quantitative estimate of drug-likeness (QED) is 0.430. The lowest BCUT2D eigenvalue weighted by Crippen LogP contribution is -2.00. The summed E-state index contributed by atoms with van der Waals surface area (Å²) in [6.07, 6.45) is 8.32. The van der Waals surface area contributed by atoms with Gasteiger partial charge in [0.25, 0.3) is 0 Å². The predicted molar refractivity (Wildman–Crippen MR) is 57.0 cm³/mol. The topological polar surface area (TPSA) is 39.2 Å². The Bertz CT molecular complexity index is 362. The molecule has 0 saturated carbocycles. The minimum absolute atomic E-state index is 0.419. The summed E-state index contributed by atoms with van der Waals surface area (Å²) in [5.74, 6) is 2.32. The number of aromatic nitrogens is 1. The van der Waals surface area contributed by atoms with Crippen molar-refractivity contribution in [3.05, 3.63) is 30.1 Å². The van der Waals surface area contributed by atoms with Crippen molar-refractivity contribution in [2.24, 2.45) is 0 Å². The molecular formula is C12H13NO2. The summed E-state index contributed by atoms with van der Waals surface area (Å²) in [7, 11) is 0. The van der Waals surface area contributed by atoms with Crippen molar-refractivity contribution in [2.45, 2.75) is 26.2 Å². The average Bonchev–Trinajstić information content (AvgIpc) is 2.30. The molecule has 0 fully saturated rings. The summed E-state index contributed by atoms with van der Waals surface area (Å²) in [6.45, 7) is 2.09. The van der Waals surface area contributed by atoms with Gasteiger partial charge in [0.05, 0.1) is 5.56 Å². The summed E-state index contributed by atoms with van der Waals surface area (Å²) < 4.78 is 4.73. The second-order valence-corrected chi connectivity index (χ2v) is 3.01. The van der Waals surface area contributed by atoms with Gasteiger partial charge in [-0.25, -0.2) is 4.79 Å². The zero-order valence-electron chi connectivity index (χ0n) is 8.69. The fraction of sp³-hybridized carbons (Fsp3) is 0.333. The summed E-state index contributed by atoms with van der Waals surface area (Å²) >= 11 is 0. The van der Waals surface area contributed by atoms with Gasteiger partial charge in [0.1, 0.15) is 6.11 Å². The van der Waals surface area contributed by atoms with Crippen LogP contribution < -0.4 is 0 Å². The van der Waals surface area contributed by atoms with E-state index in [4.69, 9.17) is 4.74 Å². The van der Waals surface area contributed by atoms with Crippen molar-refractivity contribution in [3.8, 4) is 12.0 Å². The van der Waals surface area contributed by atoms with Crippen molar-refractivity contribution in [2.75, 3.05) is 0 Å². The van der Waals surface area contributed by atoms with Crippen LogP contribution in [0, 0.1) is 12.0 Å². The molecule has 0 unspecified atom stereocenters. The second-order valence-electron chi connectivity index (χ2n) is 3.01. The number of nitrogens with zero attached hydrogens (tertiary/aromatic N) is 1. The standard InChI is InChI=1S/C12H13NO2/c1-2-3-4-5-9-15-12(14)11-7-6-8-13-10-11/h6-8,10H,2-4H2,1H3. The Morgan fingerprint density at radius 2 is 2.47 bits per heavy atom. The molecule has 15 heavy (non-hydrogen) atoms. The Morgan fingerprint density at radius 1 is 1.60 bits per heavy atom. The number of unbranched alkanes of at least 4 members (excludes halogenated alkanes) is 2. The van der Waals surface area contributed by atoms with Crippen LogP contribution in [0.2, 0.25) is 0 Å². The van der Waals surface area contributed by atoms with Gasteiger partial charge < -0.3 is 4.74 Å². The van der Waals surface area contributed by atoms with Gasteiger partial charge in [0.2, 0.25) is 0 Å². The largest absolute Gasteiger partial charge is 0.368 e. The minimum atomic E-state index is -0.452. The third-order valence-electron chi connectivity index (χ3n) is 1.77. The fourth-order valence-corrected chi connectivity index (χ4v) is 0.941. The second kappa shape index (κ2) is 6.61. The summed E-state index contributed by atoms with van der Waals surface area (Å²) in [5, 5.41) is 0. The van der Waals surface area contributed by atoms with Gasteiger partial charge in [-0.2, -0.15) is 0 Å². The molecule has 0 N–H and O–H groups in total. The van der Waals surface area contributed by atoms with Crippen LogP contribution in [0.5, 0.6) is 0 Å². The van der Waals surface area contributed by atoms with Crippen molar-refractivity contribution >= 4 is 5.97 Å². The number of ether oxygens (including phenoxy) is 1. The number of pyridine rings is 1. The number of esters is 1.